The highest BCUT2D eigenvalue weighted by Gasteiger charge is 2.15. The number of hydrogen-bond acceptors (Lipinski definition) is 1. The average Bonchev–Trinajstić information content (AvgIpc) is 2.23. The molecule has 0 bridgehead atoms. The fraction of sp³-hybridized carbons (Fsp3) is 0.167. The Bertz CT molecular complexity index is 408. The second-order valence-electron chi connectivity index (χ2n) is 3.48. The van der Waals surface area contributed by atoms with Crippen molar-refractivity contribution in [2.45, 2.75) is 11.8 Å². The molecule has 1 aliphatic heterocycles. The second kappa shape index (κ2) is 4.42. The van der Waals surface area contributed by atoms with Crippen LogP contribution in [0.15, 0.2) is 47.1 Å². The first-order valence-corrected chi connectivity index (χ1v) is 5.96. The summed E-state index contributed by atoms with van der Waals surface area (Å²) in [5, 5.41) is 3.23. The first-order valence-electron chi connectivity index (χ1n) is 4.73. The van der Waals surface area contributed by atoms with Gasteiger partial charge in [-0.25, -0.2) is 0 Å². The monoisotopic (exact) mass is 283 g/mol. The third-order valence-corrected chi connectivity index (χ3v) is 3.33. The van der Waals surface area contributed by atoms with Gasteiger partial charge in [-0.05, 0) is 24.1 Å². The highest BCUT2D eigenvalue weighted by molar-refractivity contribution is 9.10. The number of halogens is 2. The number of allylic oxidation sites excluding steroid dienone is 2. The van der Waals surface area contributed by atoms with Crippen molar-refractivity contribution in [3.63, 3.8) is 0 Å². The standard InChI is InChI=1S/C12H11BrClN/c1-8-11(14)6-7-12(15-8)9-2-4-10(13)5-3-9/h2-5,7,11,15H,1,6H2. The third-order valence-electron chi connectivity index (χ3n) is 2.36. The normalized spacial score (nSPS) is 20.8. The van der Waals surface area contributed by atoms with Crippen molar-refractivity contribution in [3.05, 3.63) is 52.7 Å². The summed E-state index contributed by atoms with van der Waals surface area (Å²) >= 11 is 9.44. The van der Waals surface area contributed by atoms with E-state index in [2.05, 4.69) is 46.0 Å². The molecule has 0 saturated heterocycles. The molecule has 0 fully saturated rings. The molecule has 0 radical (unpaired) electrons. The van der Waals surface area contributed by atoms with Gasteiger partial charge in [0.15, 0.2) is 0 Å². The molecule has 78 valence electrons. The van der Waals surface area contributed by atoms with Gasteiger partial charge in [0.25, 0.3) is 0 Å². The molecular weight excluding hydrogens is 273 g/mol. The number of hydrogen-bond donors (Lipinski definition) is 1. The van der Waals surface area contributed by atoms with Crippen molar-refractivity contribution >= 4 is 33.2 Å². The zero-order chi connectivity index (χ0) is 10.8. The van der Waals surface area contributed by atoms with Gasteiger partial charge >= 0.3 is 0 Å². The summed E-state index contributed by atoms with van der Waals surface area (Å²) in [5.41, 5.74) is 3.12. The van der Waals surface area contributed by atoms with Gasteiger partial charge in [-0.3, -0.25) is 0 Å². The van der Waals surface area contributed by atoms with E-state index in [1.165, 1.54) is 0 Å². The lowest BCUT2D eigenvalue weighted by molar-refractivity contribution is 0.868. The van der Waals surface area contributed by atoms with Gasteiger partial charge < -0.3 is 5.32 Å². The highest BCUT2D eigenvalue weighted by Crippen LogP contribution is 2.24. The van der Waals surface area contributed by atoms with Crippen molar-refractivity contribution in [1.29, 1.82) is 0 Å². The lowest BCUT2D eigenvalue weighted by Crippen LogP contribution is -2.22. The number of alkyl halides is 1. The Morgan fingerprint density at radius 2 is 2.00 bits per heavy atom. The van der Waals surface area contributed by atoms with Crippen LogP contribution in [0, 0.1) is 0 Å². The van der Waals surface area contributed by atoms with E-state index in [1.807, 2.05) is 12.1 Å². The van der Waals surface area contributed by atoms with Gasteiger partial charge in [-0.2, -0.15) is 0 Å². The molecule has 1 nitrogen and oxygen atoms in total. The van der Waals surface area contributed by atoms with E-state index in [1.54, 1.807) is 0 Å². The van der Waals surface area contributed by atoms with Crippen molar-refractivity contribution in [2.24, 2.45) is 0 Å². The van der Waals surface area contributed by atoms with E-state index >= 15 is 0 Å². The van der Waals surface area contributed by atoms with Crippen molar-refractivity contribution < 1.29 is 0 Å². The summed E-state index contributed by atoms with van der Waals surface area (Å²) in [6.07, 6.45) is 2.94. The van der Waals surface area contributed by atoms with E-state index < -0.39 is 0 Å². The van der Waals surface area contributed by atoms with E-state index in [9.17, 15) is 0 Å². The van der Waals surface area contributed by atoms with Gasteiger partial charge in [0.2, 0.25) is 0 Å². The molecule has 0 aromatic heterocycles. The fourth-order valence-corrected chi connectivity index (χ4v) is 1.89. The second-order valence-corrected chi connectivity index (χ2v) is 4.92. The zero-order valence-electron chi connectivity index (χ0n) is 8.13. The Balaban J connectivity index is 2.25. The van der Waals surface area contributed by atoms with Crippen LogP contribution in [0.2, 0.25) is 0 Å². The Morgan fingerprint density at radius 1 is 1.33 bits per heavy atom. The van der Waals surface area contributed by atoms with Crippen LogP contribution in [0.4, 0.5) is 0 Å². The molecular formula is C12H11BrClN. The minimum Gasteiger partial charge on any atom is -0.358 e. The zero-order valence-corrected chi connectivity index (χ0v) is 10.5. The Labute approximate surface area is 103 Å². The topological polar surface area (TPSA) is 12.0 Å². The maximum absolute atomic E-state index is 6.03. The lowest BCUT2D eigenvalue weighted by atomic mass is 10.1. The summed E-state index contributed by atoms with van der Waals surface area (Å²) in [6.45, 7) is 3.90. The number of rotatable bonds is 1. The predicted octanol–water partition coefficient (Wildman–Crippen LogP) is 3.90. The molecule has 1 heterocycles. The van der Waals surface area contributed by atoms with Crippen molar-refractivity contribution in [1.82, 2.24) is 5.32 Å². The van der Waals surface area contributed by atoms with Crippen molar-refractivity contribution in [2.75, 3.05) is 0 Å². The molecule has 1 atom stereocenters. The molecule has 0 saturated carbocycles. The van der Waals surface area contributed by atoms with Gasteiger partial charge in [0.05, 0.1) is 5.38 Å². The predicted molar refractivity (Wildman–Crippen MR) is 68.7 cm³/mol. The molecule has 0 amide bonds. The first-order chi connectivity index (χ1) is 7.16. The summed E-state index contributed by atoms with van der Waals surface area (Å²) in [4.78, 5) is 0. The molecule has 0 aliphatic carbocycles. The van der Waals surface area contributed by atoms with Gasteiger partial charge in [0, 0.05) is 15.9 Å². The van der Waals surface area contributed by atoms with E-state index in [4.69, 9.17) is 11.6 Å². The molecule has 2 rings (SSSR count). The van der Waals surface area contributed by atoms with Gasteiger partial charge in [-0.15, -0.1) is 11.6 Å². The Kier molecular flexibility index (Phi) is 3.17. The molecule has 15 heavy (non-hydrogen) atoms. The van der Waals surface area contributed by atoms with Crippen molar-refractivity contribution in [3.8, 4) is 0 Å². The lowest BCUT2D eigenvalue weighted by Gasteiger charge is -2.22. The van der Waals surface area contributed by atoms with Crippen LogP contribution in [0.1, 0.15) is 12.0 Å². The molecule has 1 aliphatic rings. The van der Waals surface area contributed by atoms with Crippen LogP contribution >= 0.6 is 27.5 Å². The van der Waals surface area contributed by atoms with Crippen LogP contribution < -0.4 is 5.32 Å². The van der Waals surface area contributed by atoms with E-state index in [-0.39, 0.29) is 5.38 Å². The van der Waals surface area contributed by atoms with E-state index in [0.717, 1.165) is 27.9 Å². The Morgan fingerprint density at radius 3 is 2.60 bits per heavy atom. The Hall–Kier alpha value is -0.730. The summed E-state index contributed by atoms with van der Waals surface area (Å²) < 4.78 is 1.08. The molecule has 1 N–H and O–H groups in total. The maximum atomic E-state index is 6.03. The molecule has 3 heteroatoms. The maximum Gasteiger partial charge on any atom is 0.0764 e. The summed E-state index contributed by atoms with van der Waals surface area (Å²) in [5.74, 6) is 0. The molecule has 1 unspecified atom stereocenters. The van der Waals surface area contributed by atoms with Crippen LogP contribution in [-0.4, -0.2) is 5.38 Å². The quantitative estimate of drug-likeness (QED) is 0.771. The first kappa shape index (κ1) is 10.8. The number of nitrogens with one attached hydrogen (secondary N) is 1. The largest absolute Gasteiger partial charge is 0.358 e. The molecule has 1 aromatic rings. The van der Waals surface area contributed by atoms with Crippen LogP contribution in [0.5, 0.6) is 0 Å². The summed E-state index contributed by atoms with van der Waals surface area (Å²) in [7, 11) is 0. The SMILES string of the molecule is C=C1NC(c2ccc(Br)cc2)=CCC1Cl. The molecule has 1 aromatic carbocycles. The smallest absolute Gasteiger partial charge is 0.0764 e. The van der Waals surface area contributed by atoms with Crippen LogP contribution in [-0.2, 0) is 0 Å². The fourth-order valence-electron chi connectivity index (χ4n) is 1.49. The minimum atomic E-state index is 0.00389. The highest BCUT2D eigenvalue weighted by atomic mass is 79.9. The van der Waals surface area contributed by atoms with Crippen LogP contribution in [0.3, 0.4) is 0 Å². The average molecular weight is 285 g/mol. The van der Waals surface area contributed by atoms with Crippen LogP contribution in [0.25, 0.3) is 5.70 Å². The third kappa shape index (κ3) is 2.44. The summed E-state index contributed by atoms with van der Waals surface area (Å²) in [6, 6.07) is 8.16. The van der Waals surface area contributed by atoms with E-state index in [0.29, 0.717) is 0 Å². The van der Waals surface area contributed by atoms with Gasteiger partial charge in [-0.1, -0.05) is 40.7 Å². The number of benzene rings is 1. The van der Waals surface area contributed by atoms with Gasteiger partial charge in [0.1, 0.15) is 0 Å². The minimum absolute atomic E-state index is 0.00389. The molecule has 0 spiro atoms.